The van der Waals surface area contributed by atoms with Gasteiger partial charge in [-0.15, -0.1) is 0 Å². The van der Waals surface area contributed by atoms with Crippen LogP contribution in [0, 0.1) is 11.3 Å². The van der Waals surface area contributed by atoms with Crippen LogP contribution in [0.2, 0.25) is 0 Å². The fourth-order valence-corrected chi connectivity index (χ4v) is 1.64. The summed E-state index contributed by atoms with van der Waals surface area (Å²) in [5.41, 5.74) is 1.22. The largest absolute Gasteiger partial charge is 0.296 e. The van der Waals surface area contributed by atoms with Gasteiger partial charge in [0.15, 0.2) is 0 Å². The van der Waals surface area contributed by atoms with E-state index >= 15 is 0 Å². The first kappa shape index (κ1) is 13.5. The number of hydrogen-bond acceptors (Lipinski definition) is 2. The molecule has 1 aromatic rings. The predicted octanol–water partition coefficient (Wildman–Crippen LogP) is 3.32. The summed E-state index contributed by atoms with van der Waals surface area (Å²) in [6.07, 6.45) is 4.88. The lowest BCUT2D eigenvalue weighted by Crippen LogP contribution is -2.31. The van der Waals surface area contributed by atoms with Crippen molar-refractivity contribution in [2.75, 3.05) is 13.1 Å². The summed E-state index contributed by atoms with van der Waals surface area (Å²) in [6, 6.07) is 12.9. The Balaban J connectivity index is 2.46. The summed E-state index contributed by atoms with van der Waals surface area (Å²) in [5.74, 6) is 0. The zero-order valence-electron chi connectivity index (χ0n) is 10.6. The van der Waals surface area contributed by atoms with Crippen molar-refractivity contribution in [3.8, 4) is 6.07 Å². The normalized spacial score (nSPS) is 11.2. The number of rotatable bonds is 6. The van der Waals surface area contributed by atoms with Crippen LogP contribution in [0.1, 0.15) is 25.8 Å². The second kappa shape index (κ2) is 7.65. The zero-order valence-corrected chi connectivity index (χ0v) is 10.6. The minimum Gasteiger partial charge on any atom is -0.296 e. The maximum Gasteiger partial charge on any atom is 0.0635 e. The van der Waals surface area contributed by atoms with E-state index < -0.39 is 0 Å². The van der Waals surface area contributed by atoms with Crippen molar-refractivity contribution < 1.29 is 0 Å². The van der Waals surface area contributed by atoms with Crippen molar-refractivity contribution in [1.29, 1.82) is 5.26 Å². The molecule has 2 heteroatoms. The highest BCUT2D eigenvalue weighted by atomic mass is 15.1. The van der Waals surface area contributed by atoms with Gasteiger partial charge in [-0.3, -0.25) is 4.90 Å². The third-order valence-electron chi connectivity index (χ3n) is 2.69. The molecule has 0 aliphatic rings. The lowest BCUT2D eigenvalue weighted by Gasteiger charge is -2.23. The number of benzene rings is 1. The molecule has 0 bridgehead atoms. The Labute approximate surface area is 104 Å². The molecule has 2 nitrogen and oxygen atoms in total. The third kappa shape index (κ3) is 5.33. The molecular weight excluding hydrogens is 208 g/mol. The standard InChI is InChI=1S/C15H20N2/c1-14(2)17(13-7-11-16)12-6-10-15-8-4-3-5-9-15/h3-6,8-10,14H,7,12-13H2,1-2H3/b10-6+. The van der Waals surface area contributed by atoms with Crippen LogP contribution >= 0.6 is 0 Å². The van der Waals surface area contributed by atoms with Gasteiger partial charge >= 0.3 is 0 Å². The summed E-state index contributed by atoms with van der Waals surface area (Å²) in [7, 11) is 0. The van der Waals surface area contributed by atoms with Gasteiger partial charge in [-0.1, -0.05) is 42.5 Å². The van der Waals surface area contributed by atoms with Gasteiger partial charge in [-0.2, -0.15) is 5.26 Å². The maximum atomic E-state index is 8.61. The fourth-order valence-electron chi connectivity index (χ4n) is 1.64. The molecule has 0 N–H and O–H groups in total. The van der Waals surface area contributed by atoms with E-state index in [1.807, 2.05) is 18.2 Å². The topological polar surface area (TPSA) is 27.0 Å². The monoisotopic (exact) mass is 228 g/mol. The summed E-state index contributed by atoms with van der Waals surface area (Å²) >= 11 is 0. The maximum absolute atomic E-state index is 8.61. The van der Waals surface area contributed by atoms with Gasteiger partial charge in [-0.05, 0) is 19.4 Å². The van der Waals surface area contributed by atoms with Gasteiger partial charge in [0.05, 0.1) is 6.07 Å². The Kier molecular flexibility index (Phi) is 6.06. The van der Waals surface area contributed by atoms with Gasteiger partial charge in [0.1, 0.15) is 0 Å². The van der Waals surface area contributed by atoms with Gasteiger partial charge in [0.25, 0.3) is 0 Å². The first-order valence-electron chi connectivity index (χ1n) is 6.06. The quantitative estimate of drug-likeness (QED) is 0.746. The van der Waals surface area contributed by atoms with Crippen LogP contribution < -0.4 is 0 Å². The average molecular weight is 228 g/mol. The lowest BCUT2D eigenvalue weighted by atomic mass is 10.2. The summed E-state index contributed by atoms with van der Waals surface area (Å²) in [5, 5.41) is 8.61. The smallest absolute Gasteiger partial charge is 0.0635 e. The highest BCUT2D eigenvalue weighted by Gasteiger charge is 2.06. The average Bonchev–Trinajstić information content (AvgIpc) is 2.34. The molecule has 17 heavy (non-hydrogen) atoms. The summed E-state index contributed by atoms with van der Waals surface area (Å²) < 4.78 is 0. The first-order chi connectivity index (χ1) is 8.24. The van der Waals surface area contributed by atoms with Gasteiger partial charge < -0.3 is 0 Å². The molecule has 0 heterocycles. The summed E-state index contributed by atoms with van der Waals surface area (Å²) in [6.45, 7) is 6.06. The van der Waals surface area contributed by atoms with Crippen LogP contribution in [0.5, 0.6) is 0 Å². The highest BCUT2D eigenvalue weighted by Crippen LogP contribution is 2.03. The Morgan fingerprint density at radius 1 is 1.29 bits per heavy atom. The zero-order chi connectivity index (χ0) is 12.5. The van der Waals surface area contributed by atoms with E-state index in [0.717, 1.165) is 13.1 Å². The molecule has 0 aliphatic heterocycles. The number of nitriles is 1. The lowest BCUT2D eigenvalue weighted by molar-refractivity contribution is 0.252. The molecule has 0 saturated carbocycles. The van der Waals surface area contributed by atoms with Crippen molar-refractivity contribution in [1.82, 2.24) is 4.90 Å². The van der Waals surface area contributed by atoms with Crippen LogP contribution in [-0.2, 0) is 0 Å². The van der Waals surface area contributed by atoms with Gasteiger partial charge in [0.2, 0.25) is 0 Å². The molecule has 0 amide bonds. The SMILES string of the molecule is CC(C)N(C/C=C/c1ccccc1)CCC#N. The molecule has 0 unspecified atom stereocenters. The van der Waals surface area contributed by atoms with Crippen molar-refractivity contribution >= 4 is 6.08 Å². The van der Waals surface area contributed by atoms with Crippen molar-refractivity contribution in [3.05, 3.63) is 42.0 Å². The van der Waals surface area contributed by atoms with E-state index in [1.54, 1.807) is 0 Å². The molecule has 0 fully saturated rings. The molecule has 0 aromatic heterocycles. The second-order valence-corrected chi connectivity index (χ2v) is 4.31. The third-order valence-corrected chi connectivity index (χ3v) is 2.69. The van der Waals surface area contributed by atoms with E-state index in [1.165, 1.54) is 5.56 Å². The fraction of sp³-hybridized carbons (Fsp3) is 0.400. The van der Waals surface area contributed by atoms with Crippen LogP contribution in [0.25, 0.3) is 6.08 Å². The predicted molar refractivity (Wildman–Crippen MR) is 72.4 cm³/mol. The number of nitrogens with zero attached hydrogens (tertiary/aromatic N) is 2. The Hall–Kier alpha value is -1.59. The molecule has 1 rings (SSSR count). The Morgan fingerprint density at radius 2 is 2.00 bits per heavy atom. The van der Waals surface area contributed by atoms with E-state index in [2.05, 4.69) is 49.1 Å². The van der Waals surface area contributed by atoms with Gasteiger partial charge in [0, 0.05) is 25.6 Å². The van der Waals surface area contributed by atoms with Gasteiger partial charge in [-0.25, -0.2) is 0 Å². The Bertz CT molecular complexity index is 374. The molecule has 0 radical (unpaired) electrons. The molecule has 1 aromatic carbocycles. The van der Waals surface area contributed by atoms with Crippen LogP contribution in [0.4, 0.5) is 0 Å². The van der Waals surface area contributed by atoms with Crippen LogP contribution in [0.15, 0.2) is 36.4 Å². The minimum absolute atomic E-state index is 0.476. The molecule has 0 saturated heterocycles. The number of hydrogen-bond donors (Lipinski definition) is 0. The molecular formula is C15H20N2. The van der Waals surface area contributed by atoms with Crippen LogP contribution in [-0.4, -0.2) is 24.0 Å². The Morgan fingerprint density at radius 3 is 2.59 bits per heavy atom. The molecule has 90 valence electrons. The van der Waals surface area contributed by atoms with E-state index in [4.69, 9.17) is 5.26 Å². The highest BCUT2D eigenvalue weighted by molar-refractivity contribution is 5.48. The van der Waals surface area contributed by atoms with E-state index in [9.17, 15) is 0 Å². The van der Waals surface area contributed by atoms with E-state index in [-0.39, 0.29) is 0 Å². The summed E-state index contributed by atoms with van der Waals surface area (Å²) in [4.78, 5) is 2.29. The van der Waals surface area contributed by atoms with E-state index in [0.29, 0.717) is 12.5 Å². The molecule has 0 atom stereocenters. The van der Waals surface area contributed by atoms with Crippen molar-refractivity contribution in [2.24, 2.45) is 0 Å². The van der Waals surface area contributed by atoms with Crippen molar-refractivity contribution in [3.63, 3.8) is 0 Å². The second-order valence-electron chi connectivity index (χ2n) is 4.31. The van der Waals surface area contributed by atoms with Crippen molar-refractivity contribution in [2.45, 2.75) is 26.3 Å². The first-order valence-corrected chi connectivity index (χ1v) is 6.06. The molecule has 0 spiro atoms. The molecule has 0 aliphatic carbocycles. The van der Waals surface area contributed by atoms with Crippen LogP contribution in [0.3, 0.4) is 0 Å². The minimum atomic E-state index is 0.476.